The van der Waals surface area contributed by atoms with Gasteiger partial charge in [0.2, 0.25) is 21.9 Å². The molecule has 2 aromatic heterocycles. The number of aromatic nitrogens is 3. The number of fused-ring (bicyclic) bond motifs is 1. The van der Waals surface area contributed by atoms with Crippen LogP contribution in [0.5, 0.6) is 11.6 Å². The molecule has 0 radical (unpaired) electrons. The summed E-state index contributed by atoms with van der Waals surface area (Å²) in [5.74, 6) is -0.531. The summed E-state index contributed by atoms with van der Waals surface area (Å²) in [7, 11) is -4.21. The lowest BCUT2D eigenvalue weighted by atomic mass is 10.0. The van der Waals surface area contributed by atoms with Gasteiger partial charge >= 0.3 is 12.2 Å². The Morgan fingerprint density at radius 2 is 1.88 bits per heavy atom. The number of piperidine rings is 1. The number of likely N-dealkylation sites (tertiary alicyclic amines) is 1. The third-order valence-electron chi connectivity index (χ3n) is 8.10. The average Bonchev–Trinajstić information content (AvgIpc) is 3.50. The van der Waals surface area contributed by atoms with Crippen molar-refractivity contribution in [2.45, 2.75) is 57.9 Å². The summed E-state index contributed by atoms with van der Waals surface area (Å²) in [4.78, 5) is 39.9. The Balaban J connectivity index is 1.26. The molecule has 4 heterocycles. The smallest absolute Gasteiger partial charge is 0.423 e. The van der Waals surface area contributed by atoms with Crippen molar-refractivity contribution in [2.75, 3.05) is 31.6 Å². The first-order valence-corrected chi connectivity index (χ1v) is 17.5. The first-order valence-electron chi connectivity index (χ1n) is 15.9. The minimum atomic E-state index is -4.21. The van der Waals surface area contributed by atoms with Gasteiger partial charge in [-0.1, -0.05) is 12.1 Å². The van der Waals surface area contributed by atoms with Gasteiger partial charge in [0.15, 0.2) is 0 Å². The SMILES string of the molecule is Cc1ccc2c(CS(=O)(=O)N3CCOC3=O)c(F)ccc2c1Oc1ncccc1-c1ccnc(N[C@H]2CCCN(C(=O)OC(C)(C)C)C2)n1. The van der Waals surface area contributed by atoms with E-state index in [1.165, 1.54) is 12.1 Å². The normalized spacial score (nSPS) is 16.8. The van der Waals surface area contributed by atoms with Gasteiger partial charge in [-0.2, -0.15) is 0 Å². The molecular weight excluding hydrogens is 655 g/mol. The molecule has 2 aromatic carbocycles. The van der Waals surface area contributed by atoms with Crippen molar-refractivity contribution < 1.29 is 36.6 Å². The summed E-state index contributed by atoms with van der Waals surface area (Å²) >= 11 is 0. The van der Waals surface area contributed by atoms with Crippen LogP contribution in [0.4, 0.5) is 19.9 Å². The van der Waals surface area contributed by atoms with Crippen LogP contribution in [0.15, 0.2) is 54.9 Å². The largest absolute Gasteiger partial charge is 0.447 e. The van der Waals surface area contributed by atoms with E-state index < -0.39 is 33.3 Å². The molecule has 0 spiro atoms. The molecule has 2 aliphatic heterocycles. The monoisotopic (exact) mass is 692 g/mol. The number of carbonyl (C=O) groups is 2. The summed E-state index contributed by atoms with van der Waals surface area (Å²) in [6.07, 6.45) is 3.46. The molecule has 6 rings (SSSR count). The Hall–Kier alpha value is -5.05. The van der Waals surface area contributed by atoms with E-state index in [9.17, 15) is 18.0 Å². The molecule has 2 saturated heterocycles. The van der Waals surface area contributed by atoms with Crippen LogP contribution in [0.1, 0.15) is 44.7 Å². The van der Waals surface area contributed by atoms with Gasteiger partial charge in [-0.15, -0.1) is 0 Å². The van der Waals surface area contributed by atoms with Gasteiger partial charge in [0.05, 0.1) is 23.6 Å². The molecule has 1 atom stereocenters. The zero-order valence-electron chi connectivity index (χ0n) is 27.6. The molecule has 15 heteroatoms. The number of halogens is 1. The highest BCUT2D eigenvalue weighted by molar-refractivity contribution is 7.88. The van der Waals surface area contributed by atoms with Crippen molar-refractivity contribution in [2.24, 2.45) is 0 Å². The number of aryl methyl sites for hydroxylation is 1. The highest BCUT2D eigenvalue weighted by atomic mass is 32.2. The number of hydrogen-bond donors (Lipinski definition) is 1. The lowest BCUT2D eigenvalue weighted by Crippen LogP contribution is -2.47. The van der Waals surface area contributed by atoms with E-state index in [4.69, 9.17) is 19.2 Å². The number of benzene rings is 2. The molecule has 0 bridgehead atoms. The van der Waals surface area contributed by atoms with E-state index in [2.05, 4.69) is 15.3 Å². The fourth-order valence-corrected chi connectivity index (χ4v) is 7.26. The molecule has 0 saturated carbocycles. The van der Waals surface area contributed by atoms with Crippen LogP contribution in [0.3, 0.4) is 0 Å². The van der Waals surface area contributed by atoms with E-state index >= 15 is 4.39 Å². The van der Waals surface area contributed by atoms with Crippen LogP contribution in [0.2, 0.25) is 0 Å². The van der Waals surface area contributed by atoms with Crippen molar-refractivity contribution in [3.8, 4) is 22.9 Å². The van der Waals surface area contributed by atoms with Crippen molar-refractivity contribution in [1.82, 2.24) is 24.2 Å². The number of sulfonamides is 1. The highest BCUT2D eigenvalue weighted by Gasteiger charge is 2.35. The number of nitrogens with one attached hydrogen (secondary N) is 1. The second kappa shape index (κ2) is 13.5. The molecule has 4 aromatic rings. The van der Waals surface area contributed by atoms with Gasteiger partial charge < -0.3 is 24.4 Å². The standard InChI is InChI=1S/C34H37FN6O7S/c1-21-9-10-23-24(11-12-27(35)26(23)20-49(44,45)41-17-18-46-33(41)43)29(21)47-30-25(8-5-14-36-30)28-13-15-37-31(39-28)38-22-7-6-16-40(19-22)32(42)48-34(2,3)4/h5,8-15,22H,6-7,16-20H2,1-4H3,(H,37,38,39)/t22-/m0/s1. The predicted octanol–water partition coefficient (Wildman–Crippen LogP) is 6.03. The Morgan fingerprint density at radius 1 is 1.08 bits per heavy atom. The van der Waals surface area contributed by atoms with E-state index in [-0.39, 0.29) is 36.7 Å². The van der Waals surface area contributed by atoms with E-state index in [1.807, 2.05) is 27.7 Å². The maximum atomic E-state index is 15.2. The number of nitrogens with zero attached hydrogens (tertiary/aromatic N) is 5. The lowest BCUT2D eigenvalue weighted by molar-refractivity contribution is 0.0206. The number of pyridine rings is 1. The summed E-state index contributed by atoms with van der Waals surface area (Å²) < 4.78 is 58.7. The van der Waals surface area contributed by atoms with Crippen LogP contribution in [-0.2, 0) is 25.2 Å². The topological polar surface area (TPSA) is 153 Å². The summed E-state index contributed by atoms with van der Waals surface area (Å²) in [6, 6.07) is 11.2. The lowest BCUT2D eigenvalue weighted by Gasteiger charge is -2.34. The average molecular weight is 693 g/mol. The van der Waals surface area contributed by atoms with Crippen molar-refractivity contribution in [1.29, 1.82) is 0 Å². The zero-order chi connectivity index (χ0) is 34.9. The van der Waals surface area contributed by atoms with Crippen LogP contribution < -0.4 is 10.1 Å². The minimum absolute atomic E-state index is 0.0587. The number of ether oxygens (including phenoxy) is 3. The number of cyclic esters (lactones) is 1. The van der Waals surface area contributed by atoms with E-state index in [1.54, 1.807) is 47.6 Å². The number of carbonyl (C=O) groups excluding carboxylic acids is 2. The van der Waals surface area contributed by atoms with Gasteiger partial charge in [-0.25, -0.2) is 41.7 Å². The number of anilines is 1. The maximum Gasteiger partial charge on any atom is 0.423 e. The quantitative estimate of drug-likeness (QED) is 0.231. The first-order chi connectivity index (χ1) is 23.3. The Kier molecular flexibility index (Phi) is 9.29. The van der Waals surface area contributed by atoms with Gasteiger partial charge in [0, 0.05) is 42.5 Å². The molecule has 2 aliphatic rings. The molecule has 1 N–H and O–H groups in total. The van der Waals surface area contributed by atoms with Crippen molar-refractivity contribution >= 4 is 38.9 Å². The van der Waals surface area contributed by atoms with Crippen LogP contribution in [-0.4, -0.2) is 82.6 Å². The third-order valence-corrected chi connectivity index (χ3v) is 9.75. The zero-order valence-corrected chi connectivity index (χ0v) is 28.4. The fourth-order valence-electron chi connectivity index (χ4n) is 5.81. The minimum Gasteiger partial charge on any atom is -0.447 e. The van der Waals surface area contributed by atoms with E-state index in [0.29, 0.717) is 56.7 Å². The third kappa shape index (κ3) is 7.51. The van der Waals surface area contributed by atoms with Crippen molar-refractivity contribution in [3.05, 3.63) is 71.8 Å². The molecule has 2 amide bonds. The predicted molar refractivity (Wildman–Crippen MR) is 179 cm³/mol. The van der Waals surface area contributed by atoms with Gasteiger partial charge in [-0.05, 0) is 81.8 Å². The molecule has 2 fully saturated rings. The second-order valence-electron chi connectivity index (χ2n) is 12.9. The molecule has 258 valence electrons. The molecule has 0 unspecified atom stereocenters. The highest BCUT2D eigenvalue weighted by Crippen LogP contribution is 2.39. The van der Waals surface area contributed by atoms with Gasteiger partial charge in [0.25, 0.3) is 0 Å². The maximum absolute atomic E-state index is 15.2. The second-order valence-corrected chi connectivity index (χ2v) is 14.8. The van der Waals surface area contributed by atoms with Crippen LogP contribution in [0, 0.1) is 12.7 Å². The first kappa shape index (κ1) is 33.8. The Bertz CT molecular complexity index is 2020. The molecule has 49 heavy (non-hydrogen) atoms. The molecule has 0 aliphatic carbocycles. The Morgan fingerprint density at radius 3 is 2.63 bits per heavy atom. The molecular formula is C34H37FN6O7S. The van der Waals surface area contributed by atoms with Crippen molar-refractivity contribution in [3.63, 3.8) is 0 Å². The van der Waals surface area contributed by atoms with Crippen LogP contribution >= 0.6 is 0 Å². The summed E-state index contributed by atoms with van der Waals surface area (Å²) in [5.41, 5.74) is 1.09. The number of rotatable bonds is 8. The van der Waals surface area contributed by atoms with Crippen LogP contribution in [0.25, 0.3) is 22.0 Å². The fraction of sp³-hybridized carbons (Fsp3) is 0.382. The molecule has 13 nitrogen and oxygen atoms in total. The summed E-state index contributed by atoms with van der Waals surface area (Å²) in [5, 5.41) is 4.12. The van der Waals surface area contributed by atoms with Gasteiger partial charge in [0.1, 0.15) is 23.8 Å². The van der Waals surface area contributed by atoms with E-state index in [0.717, 1.165) is 12.8 Å². The number of amides is 2. The summed E-state index contributed by atoms with van der Waals surface area (Å²) in [6.45, 7) is 8.18. The Labute approximate surface area is 283 Å². The number of hydrogen-bond acceptors (Lipinski definition) is 11. The van der Waals surface area contributed by atoms with Gasteiger partial charge in [-0.3, -0.25) is 0 Å².